The SMILES string of the molecule is CCCC[C@]1([Sn]([CH2]CCC)([CH2]CCC)[CH2]CCC)C[C@H]1[C@@H](C)O[Si](C(C)C)(C(C)C)C(C)C. The molecule has 3 atom stereocenters. The molecule has 0 aromatic heterocycles. The van der Waals surface area contributed by atoms with E-state index < -0.39 is 26.7 Å². The fourth-order valence-corrected chi connectivity index (χ4v) is 35.7. The maximum absolute atomic E-state index is 7.46. The molecular formula is C30H64OSiSn. The topological polar surface area (TPSA) is 9.23 Å². The van der Waals surface area contributed by atoms with E-state index in [1.807, 2.05) is 0 Å². The van der Waals surface area contributed by atoms with E-state index in [-0.39, 0.29) is 0 Å². The third-order valence-electron chi connectivity index (χ3n) is 9.86. The predicted octanol–water partition coefficient (Wildman–Crippen LogP) is 11.4. The zero-order valence-corrected chi connectivity index (χ0v) is 28.8. The second-order valence-corrected chi connectivity index (χ2v) is 32.6. The summed E-state index contributed by atoms with van der Waals surface area (Å²) in [6.45, 7) is 27.0. The van der Waals surface area contributed by atoms with Gasteiger partial charge in [0.15, 0.2) is 0 Å². The van der Waals surface area contributed by atoms with Gasteiger partial charge in [0, 0.05) is 0 Å². The quantitative estimate of drug-likeness (QED) is 0.137. The normalized spacial score (nSPS) is 22.5. The van der Waals surface area contributed by atoms with Crippen molar-refractivity contribution in [1.82, 2.24) is 0 Å². The van der Waals surface area contributed by atoms with Gasteiger partial charge < -0.3 is 0 Å². The van der Waals surface area contributed by atoms with Gasteiger partial charge in [-0.1, -0.05) is 0 Å². The molecule has 0 heterocycles. The van der Waals surface area contributed by atoms with Gasteiger partial charge in [0.1, 0.15) is 0 Å². The molecule has 1 aliphatic carbocycles. The van der Waals surface area contributed by atoms with Crippen LogP contribution in [0, 0.1) is 5.92 Å². The van der Waals surface area contributed by atoms with E-state index in [0.29, 0.717) is 22.7 Å². The first-order valence-electron chi connectivity index (χ1n) is 15.2. The van der Waals surface area contributed by atoms with Crippen molar-refractivity contribution in [3.8, 4) is 0 Å². The number of unbranched alkanes of at least 4 members (excludes halogenated alkanes) is 4. The van der Waals surface area contributed by atoms with Crippen LogP contribution in [0.15, 0.2) is 0 Å². The number of hydrogen-bond donors (Lipinski definition) is 0. The van der Waals surface area contributed by atoms with E-state index in [1.165, 1.54) is 64.2 Å². The first-order valence-corrected chi connectivity index (χ1v) is 24.8. The molecule has 0 aromatic carbocycles. The standard InChI is InChI=1S/C18H37OSi.3C4H9.Sn/c1-9-10-11-17-12-18(17)16(8)19-20(13(2)3,14(4)5)15(6)7;3*1-3-4-2;/h13-16,18H,9-12H2,1-8H3;3*1,3-4H2,2H3;/t16-,18+;;;;/m1..../s1. The third kappa shape index (κ3) is 7.27. The molecule has 0 radical (unpaired) electrons. The zero-order valence-electron chi connectivity index (χ0n) is 25.0. The zero-order chi connectivity index (χ0) is 25.3. The second kappa shape index (κ2) is 14.6. The molecule has 0 aromatic rings. The summed E-state index contributed by atoms with van der Waals surface area (Å²) in [5.74, 6) is 0.869. The van der Waals surface area contributed by atoms with Crippen LogP contribution in [0.4, 0.5) is 0 Å². The average molecular weight is 588 g/mol. The van der Waals surface area contributed by atoms with Crippen molar-refractivity contribution < 1.29 is 4.43 Å². The van der Waals surface area contributed by atoms with Crippen molar-refractivity contribution in [3.05, 3.63) is 0 Å². The molecule has 0 amide bonds. The molecule has 1 rings (SSSR count). The summed E-state index contributed by atoms with van der Waals surface area (Å²) in [7, 11) is -1.82. The summed E-state index contributed by atoms with van der Waals surface area (Å²) in [6.07, 6.45) is 15.0. The van der Waals surface area contributed by atoms with E-state index in [4.69, 9.17) is 4.43 Å². The third-order valence-corrected chi connectivity index (χ3v) is 35.7. The summed E-state index contributed by atoms with van der Waals surface area (Å²) < 4.78 is 13.2. The fraction of sp³-hybridized carbons (Fsp3) is 1.00. The van der Waals surface area contributed by atoms with Crippen LogP contribution < -0.4 is 0 Å². The van der Waals surface area contributed by atoms with Gasteiger partial charge in [-0.05, 0) is 0 Å². The van der Waals surface area contributed by atoms with Crippen LogP contribution in [0.1, 0.15) is 140 Å². The van der Waals surface area contributed by atoms with E-state index in [1.54, 1.807) is 13.3 Å². The summed E-state index contributed by atoms with van der Waals surface area (Å²) in [5.41, 5.74) is 2.08. The molecule has 198 valence electrons. The number of rotatable bonds is 19. The molecule has 1 fully saturated rings. The van der Waals surface area contributed by atoms with Crippen molar-refractivity contribution in [3.63, 3.8) is 0 Å². The molecule has 1 saturated carbocycles. The minimum atomic E-state index is -2.34. The Hall–Kier alpha value is 0.976. The van der Waals surface area contributed by atoms with Crippen LogP contribution in [-0.4, -0.2) is 32.8 Å². The Labute approximate surface area is 216 Å². The van der Waals surface area contributed by atoms with Gasteiger partial charge in [0.25, 0.3) is 0 Å². The predicted molar refractivity (Wildman–Crippen MR) is 157 cm³/mol. The number of hydrogen-bond acceptors (Lipinski definition) is 1. The maximum atomic E-state index is 7.46. The Kier molecular flexibility index (Phi) is 14.2. The summed E-state index contributed by atoms with van der Waals surface area (Å²) in [4.78, 5) is 0. The van der Waals surface area contributed by atoms with Gasteiger partial charge in [-0.15, -0.1) is 0 Å². The van der Waals surface area contributed by atoms with Crippen LogP contribution in [0.5, 0.6) is 0 Å². The first kappa shape index (κ1) is 32.0. The van der Waals surface area contributed by atoms with Crippen molar-refractivity contribution >= 4 is 26.7 Å². The van der Waals surface area contributed by atoms with E-state index in [9.17, 15) is 0 Å². The molecule has 0 bridgehead atoms. The van der Waals surface area contributed by atoms with Gasteiger partial charge in [0.2, 0.25) is 0 Å². The molecule has 1 nitrogen and oxygen atoms in total. The molecule has 0 N–H and O–H groups in total. The Morgan fingerprint density at radius 2 is 1.09 bits per heavy atom. The molecule has 3 heteroatoms. The van der Waals surface area contributed by atoms with Crippen LogP contribution in [0.25, 0.3) is 0 Å². The van der Waals surface area contributed by atoms with Gasteiger partial charge >= 0.3 is 217 Å². The summed E-state index contributed by atoms with van der Waals surface area (Å²) in [5, 5.41) is 0. The summed E-state index contributed by atoms with van der Waals surface area (Å²) >= 11 is -2.34. The Bertz CT molecular complexity index is 488. The molecule has 33 heavy (non-hydrogen) atoms. The Balaban J connectivity index is 3.37. The van der Waals surface area contributed by atoms with Crippen molar-refractivity contribution in [2.75, 3.05) is 0 Å². The van der Waals surface area contributed by atoms with Gasteiger partial charge in [0.05, 0.1) is 0 Å². The van der Waals surface area contributed by atoms with Crippen LogP contribution in [0.2, 0.25) is 33.4 Å². The monoisotopic (exact) mass is 588 g/mol. The molecule has 0 aliphatic heterocycles. The molecule has 1 aliphatic rings. The van der Waals surface area contributed by atoms with E-state index in [0.717, 1.165) is 9.35 Å². The molecule has 0 saturated heterocycles. The average Bonchev–Trinajstić information content (AvgIpc) is 3.51. The van der Waals surface area contributed by atoms with Gasteiger partial charge in [-0.25, -0.2) is 0 Å². The molecule has 0 spiro atoms. The van der Waals surface area contributed by atoms with Gasteiger partial charge in [-0.2, -0.15) is 0 Å². The second-order valence-electron chi connectivity index (χ2n) is 12.8. The first-order chi connectivity index (χ1) is 15.5. The van der Waals surface area contributed by atoms with Crippen LogP contribution in [-0.2, 0) is 4.43 Å². The fourth-order valence-electron chi connectivity index (χ4n) is 8.08. The van der Waals surface area contributed by atoms with Crippen molar-refractivity contribution in [2.24, 2.45) is 5.92 Å². The van der Waals surface area contributed by atoms with Crippen molar-refractivity contribution in [2.45, 2.75) is 180 Å². The molecular weight excluding hydrogens is 523 g/mol. The van der Waals surface area contributed by atoms with E-state index >= 15 is 0 Å². The minimum absolute atomic E-state index is 0.474. The van der Waals surface area contributed by atoms with Crippen molar-refractivity contribution in [1.29, 1.82) is 0 Å². The summed E-state index contributed by atoms with van der Waals surface area (Å²) in [6, 6.07) is 0. The van der Waals surface area contributed by atoms with Crippen LogP contribution in [0.3, 0.4) is 0 Å². The Morgan fingerprint density at radius 1 is 0.697 bits per heavy atom. The van der Waals surface area contributed by atoms with E-state index in [2.05, 4.69) is 76.2 Å². The molecule has 0 unspecified atom stereocenters. The Morgan fingerprint density at radius 3 is 1.42 bits per heavy atom. The van der Waals surface area contributed by atoms with Crippen LogP contribution >= 0.6 is 0 Å². The van der Waals surface area contributed by atoms with Gasteiger partial charge in [-0.3, -0.25) is 0 Å².